The summed E-state index contributed by atoms with van der Waals surface area (Å²) in [6, 6.07) is 23.6. The minimum atomic E-state index is 0.0195. The fraction of sp³-hybridized carbons (Fsp3) is 0.323. The third kappa shape index (κ3) is 5.11. The molecule has 0 aliphatic heterocycles. The highest BCUT2D eigenvalue weighted by Crippen LogP contribution is 2.39. The molecule has 2 aromatic carbocycles. The molecule has 1 N–H and O–H groups in total. The maximum Gasteiger partial charge on any atom is 0.0905 e. The molecule has 0 saturated carbocycles. The first-order valence-corrected chi connectivity index (χ1v) is 12.2. The molecule has 1 heterocycles. The first-order chi connectivity index (χ1) is 16.0. The summed E-state index contributed by atoms with van der Waals surface area (Å²) in [6.45, 7) is 11.4. The lowest BCUT2D eigenvalue weighted by Gasteiger charge is -2.31. The summed E-state index contributed by atoms with van der Waals surface area (Å²) in [6.07, 6.45) is 7.81. The Balaban J connectivity index is 1.84. The van der Waals surface area contributed by atoms with E-state index in [1.165, 1.54) is 22.4 Å². The molecular weight excluding hydrogens is 400 g/mol. The lowest BCUT2D eigenvalue weighted by atomic mass is 9.85. The van der Waals surface area contributed by atoms with E-state index < -0.39 is 0 Å². The highest BCUT2D eigenvalue weighted by molar-refractivity contribution is 5.63. The number of anilines is 1. The second-order valence-electron chi connectivity index (χ2n) is 9.74. The van der Waals surface area contributed by atoms with E-state index in [2.05, 4.69) is 125 Å². The average Bonchev–Trinajstić information content (AvgIpc) is 2.83. The van der Waals surface area contributed by atoms with Crippen molar-refractivity contribution in [1.29, 1.82) is 0 Å². The lowest BCUT2D eigenvalue weighted by molar-refractivity contribution is 0.623. The average molecular weight is 437 g/mol. The Bertz CT molecular complexity index is 1110. The van der Waals surface area contributed by atoms with Gasteiger partial charge in [-0.05, 0) is 53.0 Å². The first-order valence-electron chi connectivity index (χ1n) is 12.2. The minimum absolute atomic E-state index is 0.0195. The highest BCUT2D eigenvalue weighted by Gasteiger charge is 2.26. The van der Waals surface area contributed by atoms with Crippen LogP contribution in [0.1, 0.15) is 75.7 Å². The zero-order valence-corrected chi connectivity index (χ0v) is 20.5. The maximum atomic E-state index is 5.17. The van der Waals surface area contributed by atoms with Crippen LogP contribution in [0, 0.1) is 5.92 Å². The van der Waals surface area contributed by atoms with Crippen molar-refractivity contribution in [2.75, 3.05) is 5.32 Å². The van der Waals surface area contributed by atoms with Gasteiger partial charge in [0.1, 0.15) is 0 Å². The Kier molecular flexibility index (Phi) is 7.13. The monoisotopic (exact) mass is 436 g/mol. The van der Waals surface area contributed by atoms with Gasteiger partial charge in [0, 0.05) is 11.3 Å². The minimum Gasteiger partial charge on any atom is -0.373 e. The molecule has 0 amide bonds. The number of nitrogens with zero attached hydrogens (tertiary/aromatic N) is 1. The predicted molar refractivity (Wildman–Crippen MR) is 142 cm³/mol. The summed E-state index contributed by atoms with van der Waals surface area (Å²) in [4.78, 5) is 5.17. The van der Waals surface area contributed by atoms with E-state index in [-0.39, 0.29) is 6.04 Å². The molecular formula is C31H36N2. The summed E-state index contributed by atoms with van der Waals surface area (Å²) in [5.74, 6) is 1.34. The number of hydrogen-bond acceptors (Lipinski definition) is 2. The Hall–Kier alpha value is -3.13. The van der Waals surface area contributed by atoms with Gasteiger partial charge in [-0.3, -0.25) is 4.98 Å². The van der Waals surface area contributed by atoms with E-state index in [1.807, 2.05) is 0 Å². The van der Waals surface area contributed by atoms with E-state index in [0.29, 0.717) is 17.8 Å². The predicted octanol–water partition coefficient (Wildman–Crippen LogP) is 8.67. The zero-order valence-electron chi connectivity index (χ0n) is 20.5. The largest absolute Gasteiger partial charge is 0.373 e. The van der Waals surface area contributed by atoms with Gasteiger partial charge in [-0.25, -0.2) is 0 Å². The van der Waals surface area contributed by atoms with Gasteiger partial charge in [0.15, 0.2) is 0 Å². The highest BCUT2D eigenvalue weighted by atomic mass is 15.0. The van der Waals surface area contributed by atoms with Crippen LogP contribution in [-0.4, -0.2) is 4.98 Å². The van der Waals surface area contributed by atoms with Crippen LogP contribution in [0.4, 0.5) is 5.69 Å². The second kappa shape index (κ2) is 10.2. The van der Waals surface area contributed by atoms with Crippen molar-refractivity contribution < 1.29 is 0 Å². The van der Waals surface area contributed by atoms with Crippen LogP contribution < -0.4 is 5.32 Å². The molecule has 170 valence electrons. The molecule has 2 atom stereocenters. The van der Waals surface area contributed by atoms with Crippen LogP contribution in [0.5, 0.6) is 0 Å². The van der Waals surface area contributed by atoms with Crippen LogP contribution in [0.25, 0.3) is 11.3 Å². The molecule has 0 fully saturated rings. The van der Waals surface area contributed by atoms with Crippen LogP contribution in [0.2, 0.25) is 0 Å². The summed E-state index contributed by atoms with van der Waals surface area (Å²) in [7, 11) is 0. The number of benzene rings is 2. The van der Waals surface area contributed by atoms with Crippen molar-refractivity contribution in [2.45, 2.75) is 58.9 Å². The number of hydrogen-bond donors (Lipinski definition) is 1. The second-order valence-corrected chi connectivity index (χ2v) is 9.74. The molecule has 0 saturated heterocycles. The Morgan fingerprint density at radius 1 is 0.818 bits per heavy atom. The summed E-state index contributed by atoms with van der Waals surface area (Å²) >= 11 is 0. The quantitative estimate of drug-likeness (QED) is 0.401. The maximum absolute atomic E-state index is 5.17. The number of pyridine rings is 1. The third-order valence-electron chi connectivity index (χ3n) is 6.61. The smallest absolute Gasteiger partial charge is 0.0905 e. The summed E-state index contributed by atoms with van der Waals surface area (Å²) in [5, 5.41) is 4.01. The fourth-order valence-electron chi connectivity index (χ4n) is 4.71. The topological polar surface area (TPSA) is 24.9 Å². The van der Waals surface area contributed by atoms with Crippen LogP contribution in [0.15, 0.2) is 90.5 Å². The van der Waals surface area contributed by atoms with Crippen molar-refractivity contribution in [3.05, 3.63) is 107 Å². The van der Waals surface area contributed by atoms with Crippen molar-refractivity contribution in [3.63, 3.8) is 0 Å². The SMILES string of the molecule is CC1CC=CC=C1[C@@H](Nc1c(C(C)C)cccc1C(C)C)c1cccc(-c2ccccc2)n1. The molecule has 1 unspecified atom stereocenters. The van der Waals surface area contributed by atoms with E-state index in [4.69, 9.17) is 4.98 Å². The first kappa shape index (κ1) is 23.0. The molecule has 4 rings (SSSR count). The Morgan fingerprint density at radius 3 is 2.12 bits per heavy atom. The van der Waals surface area contributed by atoms with Crippen molar-refractivity contribution in [1.82, 2.24) is 4.98 Å². The van der Waals surface area contributed by atoms with Gasteiger partial charge in [0.25, 0.3) is 0 Å². The van der Waals surface area contributed by atoms with Gasteiger partial charge in [-0.1, -0.05) is 107 Å². The molecule has 33 heavy (non-hydrogen) atoms. The van der Waals surface area contributed by atoms with Crippen LogP contribution in [0.3, 0.4) is 0 Å². The van der Waals surface area contributed by atoms with Gasteiger partial charge in [0.2, 0.25) is 0 Å². The molecule has 0 radical (unpaired) electrons. The van der Waals surface area contributed by atoms with E-state index in [9.17, 15) is 0 Å². The number of para-hydroxylation sites is 1. The molecule has 1 aliphatic carbocycles. The van der Waals surface area contributed by atoms with Crippen LogP contribution >= 0.6 is 0 Å². The van der Waals surface area contributed by atoms with Gasteiger partial charge >= 0.3 is 0 Å². The standard InChI is InChI=1S/C31H36N2/c1-21(2)25-17-11-18-26(22(3)4)30(25)33-31(27-16-10-9-13-23(27)5)29-20-12-19-28(32-29)24-14-7-6-8-15-24/h6-12,14-23,31,33H,13H2,1-5H3/t23?,31-/m1/s1. The van der Waals surface area contributed by atoms with Crippen molar-refractivity contribution >= 4 is 5.69 Å². The number of nitrogens with one attached hydrogen (secondary N) is 1. The Labute approximate surface area is 199 Å². The van der Waals surface area contributed by atoms with Crippen molar-refractivity contribution in [3.8, 4) is 11.3 Å². The number of allylic oxidation sites excluding steroid dienone is 3. The van der Waals surface area contributed by atoms with Crippen LogP contribution in [-0.2, 0) is 0 Å². The summed E-state index contributed by atoms with van der Waals surface area (Å²) in [5.41, 5.74) is 8.62. The molecule has 1 aliphatic rings. The lowest BCUT2D eigenvalue weighted by Crippen LogP contribution is -2.22. The number of aromatic nitrogens is 1. The molecule has 1 aromatic heterocycles. The molecule has 2 heteroatoms. The van der Waals surface area contributed by atoms with E-state index >= 15 is 0 Å². The Morgan fingerprint density at radius 2 is 1.48 bits per heavy atom. The van der Waals surface area contributed by atoms with Gasteiger partial charge in [-0.15, -0.1) is 0 Å². The zero-order chi connectivity index (χ0) is 23.4. The van der Waals surface area contributed by atoms with Gasteiger partial charge < -0.3 is 5.32 Å². The molecule has 0 bridgehead atoms. The summed E-state index contributed by atoms with van der Waals surface area (Å²) < 4.78 is 0. The van der Waals surface area contributed by atoms with Gasteiger partial charge in [0.05, 0.1) is 17.4 Å². The normalized spacial score (nSPS) is 16.7. The number of rotatable bonds is 7. The third-order valence-corrected chi connectivity index (χ3v) is 6.61. The van der Waals surface area contributed by atoms with E-state index in [0.717, 1.165) is 23.4 Å². The molecule has 2 nitrogen and oxygen atoms in total. The van der Waals surface area contributed by atoms with E-state index in [1.54, 1.807) is 0 Å². The molecule has 3 aromatic rings. The van der Waals surface area contributed by atoms with Gasteiger partial charge in [-0.2, -0.15) is 0 Å². The molecule has 0 spiro atoms. The fourth-order valence-corrected chi connectivity index (χ4v) is 4.71. The van der Waals surface area contributed by atoms with Crippen molar-refractivity contribution in [2.24, 2.45) is 5.92 Å².